The molecular weight excluding hydrogens is 386 g/mol. The number of thiazole rings is 1. The summed E-state index contributed by atoms with van der Waals surface area (Å²) in [7, 11) is -3.98. The number of benzene rings is 2. The van der Waals surface area contributed by atoms with Gasteiger partial charge in [-0.25, -0.2) is 13.4 Å². The van der Waals surface area contributed by atoms with Gasteiger partial charge in [0.25, 0.3) is 15.7 Å². The maximum absolute atomic E-state index is 12.8. The molecule has 27 heavy (non-hydrogen) atoms. The average Bonchev–Trinajstić information content (AvgIpc) is 3.03. The van der Waals surface area contributed by atoms with Crippen LogP contribution in [0.1, 0.15) is 16.0 Å². The Morgan fingerprint density at radius 3 is 2.70 bits per heavy atom. The number of nitro groups is 1. The van der Waals surface area contributed by atoms with E-state index in [0.717, 1.165) is 29.0 Å². The normalized spacial score (nSPS) is 12.9. The van der Waals surface area contributed by atoms with Crippen molar-refractivity contribution in [2.75, 3.05) is 4.72 Å². The number of sulfonamides is 1. The van der Waals surface area contributed by atoms with E-state index in [-0.39, 0.29) is 21.3 Å². The smallest absolute Gasteiger partial charge is 0.258 e. The van der Waals surface area contributed by atoms with E-state index in [1.807, 2.05) is 24.3 Å². The summed E-state index contributed by atoms with van der Waals surface area (Å²) in [5, 5.41) is 11.4. The van der Waals surface area contributed by atoms with Crippen LogP contribution in [0, 0.1) is 17.0 Å². The van der Waals surface area contributed by atoms with Crippen molar-refractivity contribution in [3.05, 3.63) is 68.6 Å². The summed E-state index contributed by atoms with van der Waals surface area (Å²) >= 11 is 1.30. The first-order chi connectivity index (χ1) is 12.9. The monoisotopic (exact) mass is 401 g/mol. The Morgan fingerprint density at radius 1 is 1.15 bits per heavy atom. The summed E-state index contributed by atoms with van der Waals surface area (Å²) in [6, 6.07) is 11.9. The van der Waals surface area contributed by atoms with Crippen LogP contribution in [0.5, 0.6) is 0 Å². The van der Waals surface area contributed by atoms with Gasteiger partial charge in [0.1, 0.15) is 0 Å². The van der Waals surface area contributed by atoms with Crippen LogP contribution in [-0.2, 0) is 22.9 Å². The van der Waals surface area contributed by atoms with E-state index in [1.54, 1.807) is 0 Å². The van der Waals surface area contributed by atoms with Crippen molar-refractivity contribution in [2.24, 2.45) is 0 Å². The maximum atomic E-state index is 12.8. The third-order valence-electron chi connectivity index (χ3n) is 4.55. The zero-order chi connectivity index (χ0) is 19.2. The number of nitrogens with one attached hydrogen (secondary N) is 1. The van der Waals surface area contributed by atoms with E-state index in [1.165, 1.54) is 42.0 Å². The summed E-state index contributed by atoms with van der Waals surface area (Å²) in [5.74, 6) is 0. The number of rotatable bonds is 4. The molecule has 0 bridgehead atoms. The van der Waals surface area contributed by atoms with E-state index in [4.69, 9.17) is 0 Å². The van der Waals surface area contributed by atoms with E-state index in [2.05, 4.69) is 9.71 Å². The molecule has 1 aliphatic carbocycles. The highest BCUT2D eigenvalue weighted by Gasteiger charge is 2.26. The quantitative estimate of drug-likeness (QED) is 0.527. The fraction of sp³-hybridized carbons (Fsp3) is 0.167. The van der Waals surface area contributed by atoms with Crippen molar-refractivity contribution in [1.82, 2.24) is 4.98 Å². The lowest BCUT2D eigenvalue weighted by Crippen LogP contribution is -2.14. The molecule has 4 rings (SSSR count). The molecule has 0 saturated carbocycles. The molecule has 0 amide bonds. The Morgan fingerprint density at radius 2 is 1.93 bits per heavy atom. The molecule has 0 aliphatic heterocycles. The molecule has 1 aromatic heterocycles. The van der Waals surface area contributed by atoms with Crippen LogP contribution in [0.4, 0.5) is 10.8 Å². The van der Waals surface area contributed by atoms with Crippen LogP contribution >= 0.6 is 11.3 Å². The molecule has 2 aromatic carbocycles. The highest BCUT2D eigenvalue weighted by Crippen LogP contribution is 2.38. The Balaban J connectivity index is 1.71. The predicted molar refractivity (Wildman–Crippen MR) is 104 cm³/mol. The van der Waals surface area contributed by atoms with Crippen molar-refractivity contribution < 1.29 is 13.3 Å². The number of aryl methyl sites for hydroxylation is 2. The largest absolute Gasteiger partial charge is 0.273 e. The second-order valence-corrected chi connectivity index (χ2v) is 8.95. The molecule has 0 fully saturated rings. The lowest BCUT2D eigenvalue weighted by atomic mass is 9.94. The van der Waals surface area contributed by atoms with E-state index < -0.39 is 14.9 Å². The highest BCUT2D eigenvalue weighted by atomic mass is 32.2. The molecule has 0 atom stereocenters. The SMILES string of the molecule is Cc1c([N+](=O)[O-])cccc1S(=O)(=O)Nc1nc2c(s1)CCc1ccccc1-2. The number of aromatic nitrogens is 1. The van der Waals surface area contributed by atoms with E-state index in [9.17, 15) is 18.5 Å². The van der Waals surface area contributed by atoms with Gasteiger partial charge in [0, 0.05) is 22.1 Å². The van der Waals surface area contributed by atoms with Gasteiger partial charge in [-0.2, -0.15) is 0 Å². The lowest BCUT2D eigenvalue weighted by molar-refractivity contribution is -0.385. The van der Waals surface area contributed by atoms with Crippen LogP contribution in [0.15, 0.2) is 47.4 Å². The zero-order valence-corrected chi connectivity index (χ0v) is 15.9. The molecule has 1 heterocycles. The first-order valence-corrected chi connectivity index (χ1v) is 10.5. The molecule has 7 nitrogen and oxygen atoms in total. The van der Waals surface area contributed by atoms with E-state index >= 15 is 0 Å². The number of anilines is 1. The van der Waals surface area contributed by atoms with Crippen LogP contribution in [0.3, 0.4) is 0 Å². The van der Waals surface area contributed by atoms with Gasteiger partial charge in [0.2, 0.25) is 0 Å². The predicted octanol–water partition coefficient (Wildman–Crippen LogP) is 3.93. The zero-order valence-electron chi connectivity index (χ0n) is 14.3. The number of hydrogen-bond donors (Lipinski definition) is 1. The van der Waals surface area contributed by atoms with Gasteiger partial charge in [0.05, 0.1) is 15.5 Å². The number of nitro benzene ring substituents is 1. The Hall–Kier alpha value is -2.78. The van der Waals surface area contributed by atoms with Crippen molar-refractivity contribution in [1.29, 1.82) is 0 Å². The lowest BCUT2D eigenvalue weighted by Gasteiger charge is -2.13. The van der Waals surface area contributed by atoms with Crippen molar-refractivity contribution in [2.45, 2.75) is 24.7 Å². The second kappa shape index (κ2) is 6.43. The Bertz CT molecular complexity index is 1170. The summed E-state index contributed by atoms with van der Waals surface area (Å²) < 4.78 is 28.1. The van der Waals surface area contributed by atoms with Gasteiger partial charge < -0.3 is 0 Å². The van der Waals surface area contributed by atoms with Crippen LogP contribution in [0.25, 0.3) is 11.3 Å². The molecule has 1 N–H and O–H groups in total. The molecule has 9 heteroatoms. The standard InChI is InChI=1S/C18H15N3O4S2/c1-11-14(21(22)23)7-4-8-16(11)27(24,25)20-18-19-17-13-6-3-2-5-12(13)9-10-15(17)26-18/h2-8H,9-10H2,1H3,(H,19,20). The van der Waals surface area contributed by atoms with Gasteiger partial charge >= 0.3 is 0 Å². The minimum Gasteiger partial charge on any atom is -0.258 e. The molecular formula is C18H15N3O4S2. The molecule has 0 saturated heterocycles. The Kier molecular flexibility index (Phi) is 4.20. The summed E-state index contributed by atoms with van der Waals surface area (Å²) in [4.78, 5) is 15.9. The number of hydrogen-bond acceptors (Lipinski definition) is 6. The van der Waals surface area contributed by atoms with Gasteiger partial charge in [-0.15, -0.1) is 11.3 Å². The van der Waals surface area contributed by atoms with Crippen molar-refractivity contribution >= 4 is 32.2 Å². The molecule has 0 radical (unpaired) electrons. The Labute approximate surface area is 159 Å². The van der Waals surface area contributed by atoms with E-state index in [0.29, 0.717) is 0 Å². The molecule has 3 aromatic rings. The minimum absolute atomic E-state index is 0.0988. The summed E-state index contributed by atoms with van der Waals surface area (Å²) in [6.45, 7) is 1.43. The fourth-order valence-corrected chi connectivity index (χ4v) is 5.73. The molecule has 0 spiro atoms. The summed E-state index contributed by atoms with van der Waals surface area (Å²) in [5.41, 5.74) is 2.88. The van der Waals surface area contributed by atoms with Gasteiger partial charge in [-0.3, -0.25) is 14.8 Å². The first kappa shape index (κ1) is 17.6. The maximum Gasteiger partial charge on any atom is 0.273 e. The fourth-order valence-electron chi connectivity index (χ4n) is 3.25. The number of nitrogens with zero attached hydrogens (tertiary/aromatic N) is 2. The van der Waals surface area contributed by atoms with Crippen LogP contribution in [0.2, 0.25) is 0 Å². The first-order valence-electron chi connectivity index (χ1n) is 8.21. The second-order valence-electron chi connectivity index (χ2n) is 6.21. The van der Waals surface area contributed by atoms with Crippen LogP contribution in [-0.4, -0.2) is 18.3 Å². The van der Waals surface area contributed by atoms with Crippen molar-refractivity contribution in [3.8, 4) is 11.3 Å². The van der Waals surface area contributed by atoms with Gasteiger partial charge in [-0.05, 0) is 31.4 Å². The third-order valence-corrected chi connectivity index (χ3v) is 7.20. The third kappa shape index (κ3) is 3.08. The number of fused-ring (bicyclic) bond motifs is 3. The molecule has 138 valence electrons. The average molecular weight is 401 g/mol. The van der Waals surface area contributed by atoms with Crippen LogP contribution < -0.4 is 4.72 Å². The van der Waals surface area contributed by atoms with Crippen molar-refractivity contribution in [3.63, 3.8) is 0 Å². The van der Waals surface area contributed by atoms with Gasteiger partial charge in [-0.1, -0.05) is 30.3 Å². The molecule has 0 unspecified atom stereocenters. The topological polar surface area (TPSA) is 102 Å². The minimum atomic E-state index is -3.98. The highest BCUT2D eigenvalue weighted by molar-refractivity contribution is 7.93. The van der Waals surface area contributed by atoms with Gasteiger partial charge in [0.15, 0.2) is 5.13 Å². The summed E-state index contributed by atoms with van der Waals surface area (Å²) in [6.07, 6.45) is 1.70. The molecule has 1 aliphatic rings.